The average molecular weight is 202 g/mol. The minimum Gasteiger partial charge on any atom is -0.230 e. The molecule has 7 heteroatoms. The van der Waals surface area contributed by atoms with Crippen LogP contribution in [0.25, 0.3) is 0 Å². The molecule has 0 aliphatic heterocycles. The van der Waals surface area contributed by atoms with Gasteiger partial charge in [0.25, 0.3) is 0 Å². The van der Waals surface area contributed by atoms with Gasteiger partial charge >= 0.3 is 6.08 Å². The molecule has 0 aliphatic carbocycles. The number of allylic oxidation sites excluding steroid dienone is 4. The molecule has 0 heterocycles. The third-order valence-corrected chi connectivity index (χ3v) is 0.834. The zero-order valence-electron chi connectivity index (χ0n) is 5.68. The van der Waals surface area contributed by atoms with Crippen LogP contribution in [0.5, 0.6) is 0 Å². The zero-order chi connectivity index (χ0) is 10.6. The number of rotatable bonds is 2. The van der Waals surface area contributed by atoms with Crippen LogP contribution in [0, 0.1) is 0 Å². The van der Waals surface area contributed by atoms with Crippen molar-refractivity contribution in [3.05, 3.63) is 29.4 Å². The minimum atomic E-state index is -3.16. The van der Waals surface area contributed by atoms with E-state index in [9.17, 15) is 31.1 Å². The van der Waals surface area contributed by atoms with E-state index in [2.05, 4.69) is 0 Å². The second-order valence-corrected chi connectivity index (χ2v) is 1.62. The van der Waals surface area contributed by atoms with E-state index in [0.29, 0.717) is 0 Å². The van der Waals surface area contributed by atoms with Crippen LogP contribution in [0.4, 0.5) is 26.3 Å². The predicted octanol–water partition coefficient (Wildman–Crippen LogP) is 2.90. The molecule has 0 rings (SSSR count). The van der Waals surface area contributed by atoms with Gasteiger partial charge in [0.15, 0.2) is 5.94 Å². The maximum absolute atomic E-state index is 12.0. The Morgan fingerprint density at radius 3 is 1.54 bits per heavy atom. The Morgan fingerprint density at radius 2 is 1.23 bits per heavy atom. The van der Waals surface area contributed by atoms with Gasteiger partial charge in [-0.1, -0.05) is 0 Å². The third kappa shape index (κ3) is 2.79. The summed E-state index contributed by atoms with van der Waals surface area (Å²) < 4.78 is 70.1. The van der Waals surface area contributed by atoms with Gasteiger partial charge in [-0.25, -0.2) is 9.18 Å². The van der Waals surface area contributed by atoms with E-state index in [1.165, 1.54) is 0 Å². The summed E-state index contributed by atoms with van der Waals surface area (Å²) in [6.45, 7) is 0. The minimum absolute atomic E-state index is 0.232. The monoisotopic (exact) mass is 202 g/mol. The Kier molecular flexibility index (Phi) is 4.00. The number of hydrogen-bond donors (Lipinski definition) is 0. The van der Waals surface area contributed by atoms with Crippen molar-refractivity contribution in [2.75, 3.05) is 0 Å². The van der Waals surface area contributed by atoms with Crippen molar-refractivity contribution in [2.24, 2.45) is 0 Å². The lowest BCUT2D eigenvalue weighted by molar-refractivity contribution is 0.365. The summed E-state index contributed by atoms with van der Waals surface area (Å²) in [4.78, 5) is 9.34. The van der Waals surface area contributed by atoms with Gasteiger partial charge in [0.2, 0.25) is 23.3 Å². The highest BCUT2D eigenvalue weighted by Crippen LogP contribution is 2.26. The summed E-state index contributed by atoms with van der Waals surface area (Å²) in [5.74, 6) is -10.5. The van der Waals surface area contributed by atoms with Crippen LogP contribution in [0.2, 0.25) is 0 Å². The maximum atomic E-state index is 12.0. The third-order valence-electron chi connectivity index (χ3n) is 0.834. The number of hydrogen-bond acceptors (Lipinski definition) is 1. The second-order valence-electron chi connectivity index (χ2n) is 1.62. The first-order chi connectivity index (χ1) is 5.91. The molecular formula is C6F6O. The van der Waals surface area contributed by atoms with Crippen LogP contribution in [-0.4, -0.2) is 5.94 Å². The van der Waals surface area contributed by atoms with Gasteiger partial charge in [-0.15, -0.1) is 0 Å². The molecule has 0 unspecified atom stereocenters. The van der Waals surface area contributed by atoms with E-state index < -0.39 is 29.4 Å². The van der Waals surface area contributed by atoms with Gasteiger partial charge in [0.1, 0.15) is 0 Å². The molecule has 0 aliphatic rings. The molecule has 1 nitrogen and oxygen atoms in total. The lowest BCUT2D eigenvalue weighted by Crippen LogP contribution is -1.85. The first-order valence-corrected chi connectivity index (χ1v) is 2.59. The Hall–Kier alpha value is -1.49. The highest BCUT2D eigenvalue weighted by atomic mass is 19.3. The van der Waals surface area contributed by atoms with Crippen molar-refractivity contribution in [1.82, 2.24) is 0 Å². The fraction of sp³-hybridized carbons (Fsp3) is 0. The Bertz CT molecular complexity index is 318. The molecule has 0 N–H and O–H groups in total. The Balaban J connectivity index is 5.29. The first-order valence-electron chi connectivity index (χ1n) is 2.59. The average Bonchev–Trinajstić information content (AvgIpc) is 2.12. The van der Waals surface area contributed by atoms with Crippen molar-refractivity contribution in [3.8, 4) is 0 Å². The highest BCUT2D eigenvalue weighted by Gasteiger charge is 2.20. The quantitative estimate of drug-likeness (QED) is 0.382. The Labute approximate surface area is 67.6 Å². The number of carbonyl (C=O) groups excluding carboxylic acids is 1. The Morgan fingerprint density at radius 1 is 0.769 bits per heavy atom. The van der Waals surface area contributed by atoms with E-state index in [4.69, 9.17) is 0 Å². The molecule has 0 aromatic carbocycles. The van der Waals surface area contributed by atoms with E-state index in [1.807, 2.05) is 0 Å². The van der Waals surface area contributed by atoms with E-state index in [1.54, 1.807) is 0 Å². The van der Waals surface area contributed by atoms with Gasteiger partial charge in [0, 0.05) is 0 Å². The van der Waals surface area contributed by atoms with Crippen LogP contribution in [0.15, 0.2) is 29.4 Å². The molecule has 0 saturated carbocycles. The van der Waals surface area contributed by atoms with Gasteiger partial charge < -0.3 is 0 Å². The summed E-state index contributed by atoms with van der Waals surface area (Å²) in [7, 11) is 0. The molecule has 0 spiro atoms. The summed E-state index contributed by atoms with van der Waals surface area (Å²) in [6, 6.07) is 0. The van der Waals surface area contributed by atoms with Crippen LogP contribution >= 0.6 is 0 Å². The second kappa shape index (κ2) is 4.51. The predicted molar refractivity (Wildman–Crippen MR) is 29.9 cm³/mol. The van der Waals surface area contributed by atoms with Crippen molar-refractivity contribution in [1.29, 1.82) is 0 Å². The smallest absolute Gasteiger partial charge is 0.230 e. The van der Waals surface area contributed by atoms with Crippen molar-refractivity contribution >= 4 is 5.94 Å². The molecule has 0 aromatic heterocycles. The summed E-state index contributed by atoms with van der Waals surface area (Å²) in [6.07, 6.45) is -3.16. The fourth-order valence-corrected chi connectivity index (χ4v) is 0.320. The summed E-state index contributed by atoms with van der Waals surface area (Å²) in [5.41, 5.74) is 0. The van der Waals surface area contributed by atoms with Crippen LogP contribution in [-0.2, 0) is 4.79 Å². The molecule has 72 valence electrons. The van der Waals surface area contributed by atoms with Crippen molar-refractivity contribution in [2.45, 2.75) is 0 Å². The molecule has 0 amide bonds. The van der Waals surface area contributed by atoms with Crippen LogP contribution in [0.3, 0.4) is 0 Å². The molecule has 0 bridgehead atoms. The largest absolute Gasteiger partial charge is 0.308 e. The van der Waals surface area contributed by atoms with Crippen molar-refractivity contribution < 1.29 is 31.1 Å². The van der Waals surface area contributed by atoms with Gasteiger partial charge in [-0.05, 0) is 0 Å². The maximum Gasteiger partial charge on any atom is 0.308 e. The molecular weight excluding hydrogens is 202 g/mol. The topological polar surface area (TPSA) is 17.1 Å². The van der Waals surface area contributed by atoms with Crippen LogP contribution in [0.1, 0.15) is 0 Å². The molecule has 0 saturated heterocycles. The fourth-order valence-electron chi connectivity index (χ4n) is 0.320. The highest BCUT2D eigenvalue weighted by molar-refractivity contribution is 5.56. The van der Waals surface area contributed by atoms with Gasteiger partial charge in [-0.2, -0.15) is 22.0 Å². The molecule has 0 aromatic rings. The lowest BCUT2D eigenvalue weighted by atomic mass is 10.4. The SMILES string of the molecule is O=C=C(F)/C(F)=C(/F)C(F)=C(F)F. The van der Waals surface area contributed by atoms with E-state index in [-0.39, 0.29) is 5.94 Å². The number of halogens is 6. The molecule has 0 radical (unpaired) electrons. The molecule has 13 heavy (non-hydrogen) atoms. The summed E-state index contributed by atoms with van der Waals surface area (Å²) in [5, 5.41) is 0. The van der Waals surface area contributed by atoms with Gasteiger partial charge in [-0.3, -0.25) is 0 Å². The standard InChI is InChI=1S/C6F6O/c7-2(1-13)3(8)4(9)5(10)6(11)12/b4-3-. The van der Waals surface area contributed by atoms with Gasteiger partial charge in [0.05, 0.1) is 0 Å². The summed E-state index contributed by atoms with van der Waals surface area (Å²) >= 11 is 0. The molecule has 0 fully saturated rings. The zero-order valence-corrected chi connectivity index (χ0v) is 5.68. The normalized spacial score (nSPS) is 11.5. The molecule has 0 atom stereocenters. The lowest BCUT2D eigenvalue weighted by Gasteiger charge is -1.92. The van der Waals surface area contributed by atoms with E-state index in [0.717, 1.165) is 0 Å². The van der Waals surface area contributed by atoms with E-state index >= 15 is 0 Å². The first kappa shape index (κ1) is 11.5. The van der Waals surface area contributed by atoms with Crippen molar-refractivity contribution in [3.63, 3.8) is 0 Å². The van der Waals surface area contributed by atoms with Crippen LogP contribution < -0.4 is 0 Å².